The summed E-state index contributed by atoms with van der Waals surface area (Å²) in [6.07, 6.45) is 1.03. The normalized spacial score (nSPS) is 21.9. The number of carbonyl (C=O) groups excluding carboxylic acids is 1. The van der Waals surface area contributed by atoms with Crippen molar-refractivity contribution in [2.75, 3.05) is 13.1 Å². The van der Waals surface area contributed by atoms with Crippen LogP contribution in [0.3, 0.4) is 0 Å². The number of para-hydroxylation sites is 1. The molecule has 0 unspecified atom stereocenters. The molecule has 7 heteroatoms. The van der Waals surface area contributed by atoms with Crippen LogP contribution in [0.4, 0.5) is 4.79 Å². The molecule has 1 aromatic heterocycles. The number of urea groups is 1. The number of nitrogens with two attached hydrogens (primary N) is 1. The van der Waals surface area contributed by atoms with E-state index in [4.69, 9.17) is 10.5 Å². The van der Waals surface area contributed by atoms with Crippen molar-refractivity contribution < 1.29 is 9.53 Å². The topological polar surface area (TPSA) is 71.7 Å². The molecule has 2 bridgehead atoms. The third-order valence-corrected chi connectivity index (χ3v) is 6.34. The van der Waals surface area contributed by atoms with E-state index >= 15 is 0 Å². The number of likely N-dealkylation sites (tertiary alicyclic amines) is 2. The molecule has 138 valence electrons. The zero-order valence-corrected chi connectivity index (χ0v) is 15.6. The van der Waals surface area contributed by atoms with Crippen LogP contribution >= 0.6 is 11.3 Å². The number of fused-ring (bicyclic) bond motifs is 3. The first-order chi connectivity index (χ1) is 13.2. The van der Waals surface area contributed by atoms with E-state index in [-0.39, 0.29) is 12.1 Å². The Morgan fingerprint density at radius 3 is 2.67 bits per heavy atom. The van der Waals surface area contributed by atoms with E-state index in [1.807, 2.05) is 36.4 Å². The van der Waals surface area contributed by atoms with Crippen LogP contribution in [0.2, 0.25) is 0 Å². The molecule has 2 amide bonds. The zero-order chi connectivity index (χ0) is 18.4. The fourth-order valence-electron chi connectivity index (χ4n) is 4.11. The molecular formula is C20H20N4O2S. The van der Waals surface area contributed by atoms with Crippen LogP contribution < -0.4 is 10.5 Å². The van der Waals surface area contributed by atoms with Gasteiger partial charge in [0, 0.05) is 31.7 Å². The molecule has 2 saturated heterocycles. The molecule has 0 saturated carbocycles. The minimum atomic E-state index is -0.293. The van der Waals surface area contributed by atoms with Crippen LogP contribution in [0, 0.1) is 0 Å². The maximum absolute atomic E-state index is 11.4. The van der Waals surface area contributed by atoms with Gasteiger partial charge in [-0.3, -0.25) is 4.90 Å². The first kappa shape index (κ1) is 16.5. The van der Waals surface area contributed by atoms with Gasteiger partial charge in [0.15, 0.2) is 0 Å². The molecule has 3 heterocycles. The predicted molar refractivity (Wildman–Crippen MR) is 105 cm³/mol. The number of benzene rings is 2. The summed E-state index contributed by atoms with van der Waals surface area (Å²) in [5, 5.41) is 0.660. The Morgan fingerprint density at radius 1 is 1.15 bits per heavy atom. The number of thiazole rings is 1. The Kier molecular flexibility index (Phi) is 3.98. The van der Waals surface area contributed by atoms with Crippen LogP contribution in [-0.4, -0.2) is 46.0 Å². The lowest BCUT2D eigenvalue weighted by molar-refractivity contribution is 0.137. The average Bonchev–Trinajstić information content (AvgIpc) is 3.36. The van der Waals surface area contributed by atoms with Crippen LogP contribution in [-0.2, 0) is 6.54 Å². The number of rotatable bonds is 4. The van der Waals surface area contributed by atoms with E-state index < -0.39 is 0 Å². The van der Waals surface area contributed by atoms with Crippen molar-refractivity contribution in [1.29, 1.82) is 0 Å². The molecule has 0 spiro atoms. The van der Waals surface area contributed by atoms with Gasteiger partial charge in [-0.2, -0.15) is 0 Å². The molecule has 0 aliphatic carbocycles. The van der Waals surface area contributed by atoms with Crippen molar-refractivity contribution in [3.05, 3.63) is 54.1 Å². The number of ether oxygens (including phenoxy) is 1. The first-order valence-corrected chi connectivity index (χ1v) is 9.90. The van der Waals surface area contributed by atoms with Crippen molar-refractivity contribution in [3.63, 3.8) is 0 Å². The van der Waals surface area contributed by atoms with Crippen LogP contribution in [0.5, 0.6) is 10.9 Å². The summed E-state index contributed by atoms with van der Waals surface area (Å²) >= 11 is 1.55. The highest BCUT2D eigenvalue weighted by Crippen LogP contribution is 2.33. The molecule has 27 heavy (non-hydrogen) atoms. The SMILES string of the molecule is NC(=O)N1C[C@@H]2C[C@@H]1CN2Cc1ccc(Oc2nc3ccccc3s2)cc1. The highest BCUT2D eigenvalue weighted by atomic mass is 32.1. The van der Waals surface area contributed by atoms with E-state index in [2.05, 4.69) is 22.0 Å². The number of nitrogens with zero attached hydrogens (tertiary/aromatic N) is 3. The lowest BCUT2D eigenvalue weighted by Crippen LogP contribution is -2.50. The molecular weight excluding hydrogens is 360 g/mol. The maximum atomic E-state index is 11.4. The van der Waals surface area contributed by atoms with E-state index in [0.29, 0.717) is 11.2 Å². The predicted octanol–water partition coefficient (Wildman–Crippen LogP) is 3.43. The molecule has 3 aromatic rings. The average molecular weight is 380 g/mol. The Labute approximate surface area is 161 Å². The molecule has 2 atom stereocenters. The smallest absolute Gasteiger partial charge is 0.315 e. The highest BCUT2D eigenvalue weighted by Gasteiger charge is 2.44. The fourth-order valence-corrected chi connectivity index (χ4v) is 4.94. The molecule has 2 aliphatic rings. The van der Waals surface area contributed by atoms with Crippen molar-refractivity contribution in [1.82, 2.24) is 14.8 Å². The Bertz CT molecular complexity index is 954. The summed E-state index contributed by atoms with van der Waals surface area (Å²) in [6, 6.07) is 16.6. The molecule has 2 fully saturated rings. The highest BCUT2D eigenvalue weighted by molar-refractivity contribution is 7.20. The summed E-state index contributed by atoms with van der Waals surface area (Å²) in [7, 11) is 0. The van der Waals surface area contributed by atoms with Gasteiger partial charge < -0.3 is 15.4 Å². The van der Waals surface area contributed by atoms with Gasteiger partial charge in [0.1, 0.15) is 5.75 Å². The van der Waals surface area contributed by atoms with E-state index in [0.717, 1.165) is 42.0 Å². The lowest BCUT2D eigenvalue weighted by atomic mass is 10.2. The second-order valence-electron chi connectivity index (χ2n) is 7.16. The summed E-state index contributed by atoms with van der Waals surface area (Å²) in [4.78, 5) is 20.2. The van der Waals surface area contributed by atoms with Gasteiger partial charge in [-0.15, -0.1) is 0 Å². The second-order valence-corrected chi connectivity index (χ2v) is 8.15. The van der Waals surface area contributed by atoms with Crippen molar-refractivity contribution in [2.45, 2.75) is 25.0 Å². The molecule has 5 rings (SSSR count). The minimum absolute atomic E-state index is 0.272. The summed E-state index contributed by atoms with van der Waals surface area (Å²) < 4.78 is 7.04. The number of amides is 2. The summed E-state index contributed by atoms with van der Waals surface area (Å²) in [6.45, 7) is 2.53. The number of piperazine rings is 1. The van der Waals surface area contributed by atoms with Gasteiger partial charge >= 0.3 is 6.03 Å². The first-order valence-electron chi connectivity index (χ1n) is 9.08. The lowest BCUT2D eigenvalue weighted by Gasteiger charge is -2.33. The molecule has 0 radical (unpaired) electrons. The van der Waals surface area contributed by atoms with Gasteiger partial charge in [0.05, 0.1) is 10.2 Å². The summed E-state index contributed by atoms with van der Waals surface area (Å²) in [5.41, 5.74) is 7.64. The fraction of sp³-hybridized carbons (Fsp3) is 0.300. The van der Waals surface area contributed by atoms with E-state index in [9.17, 15) is 4.79 Å². The Balaban J connectivity index is 1.23. The van der Waals surface area contributed by atoms with Crippen LogP contribution in [0.25, 0.3) is 10.2 Å². The molecule has 2 N–H and O–H groups in total. The second kappa shape index (κ2) is 6.51. The molecule has 2 aliphatic heterocycles. The van der Waals surface area contributed by atoms with Gasteiger partial charge in [0.2, 0.25) is 0 Å². The van der Waals surface area contributed by atoms with Gasteiger partial charge in [-0.05, 0) is 36.2 Å². The number of hydrogen-bond acceptors (Lipinski definition) is 5. The van der Waals surface area contributed by atoms with Gasteiger partial charge in [-0.1, -0.05) is 35.6 Å². The quantitative estimate of drug-likeness (QED) is 0.753. The standard InChI is InChI=1S/C20H20N4O2S/c21-19(25)24-12-14-9-15(24)11-23(14)10-13-5-7-16(8-6-13)26-20-22-17-3-1-2-4-18(17)27-20/h1-8,14-15H,9-12H2,(H2,21,25)/t14-,15+/m0/s1. The van der Waals surface area contributed by atoms with E-state index in [1.165, 1.54) is 5.56 Å². The summed E-state index contributed by atoms with van der Waals surface area (Å²) in [5.74, 6) is 0.792. The molecule has 2 aromatic carbocycles. The zero-order valence-electron chi connectivity index (χ0n) is 14.7. The van der Waals surface area contributed by atoms with Gasteiger partial charge in [0.25, 0.3) is 5.19 Å². The van der Waals surface area contributed by atoms with Crippen molar-refractivity contribution >= 4 is 27.6 Å². The number of aromatic nitrogens is 1. The number of hydrogen-bond donors (Lipinski definition) is 1. The largest absolute Gasteiger partial charge is 0.431 e. The van der Waals surface area contributed by atoms with Crippen LogP contribution in [0.15, 0.2) is 48.5 Å². The van der Waals surface area contributed by atoms with E-state index in [1.54, 1.807) is 16.2 Å². The third kappa shape index (κ3) is 3.13. The third-order valence-electron chi connectivity index (χ3n) is 5.43. The number of carbonyl (C=O) groups is 1. The minimum Gasteiger partial charge on any atom is -0.431 e. The van der Waals surface area contributed by atoms with Crippen molar-refractivity contribution in [2.24, 2.45) is 5.73 Å². The van der Waals surface area contributed by atoms with Crippen LogP contribution in [0.1, 0.15) is 12.0 Å². The monoisotopic (exact) mass is 380 g/mol. The molecule has 6 nitrogen and oxygen atoms in total. The Morgan fingerprint density at radius 2 is 1.96 bits per heavy atom. The Hall–Kier alpha value is -2.64. The number of primary amides is 1. The van der Waals surface area contributed by atoms with Crippen molar-refractivity contribution in [3.8, 4) is 10.9 Å². The maximum Gasteiger partial charge on any atom is 0.315 e. The van der Waals surface area contributed by atoms with Gasteiger partial charge in [-0.25, -0.2) is 9.78 Å².